The topological polar surface area (TPSA) is 107 Å². The van der Waals surface area contributed by atoms with Gasteiger partial charge in [-0.05, 0) is 42.8 Å². The maximum atomic E-state index is 12.2. The van der Waals surface area contributed by atoms with Gasteiger partial charge in [0.05, 0.1) is 26.5 Å². The molecule has 3 aromatic rings. The van der Waals surface area contributed by atoms with Crippen LogP contribution < -0.4 is 20.1 Å². The number of thioether (sulfide) groups is 1. The SMILES string of the molecule is COc1ccc(/C=C/C(=O)NCc2nnc(SCC(=O)Nc3ccc(C)cc3)n2C)cc1OC. The fraction of sp³-hybridized carbons (Fsp3) is 0.250. The average Bonchev–Trinajstić information content (AvgIpc) is 3.20. The number of anilines is 1. The van der Waals surface area contributed by atoms with Gasteiger partial charge in [0, 0.05) is 18.8 Å². The van der Waals surface area contributed by atoms with E-state index in [0.29, 0.717) is 22.5 Å². The summed E-state index contributed by atoms with van der Waals surface area (Å²) < 4.78 is 12.2. The molecule has 2 aromatic carbocycles. The van der Waals surface area contributed by atoms with E-state index in [9.17, 15) is 9.59 Å². The van der Waals surface area contributed by atoms with Crippen molar-refractivity contribution in [3.8, 4) is 11.5 Å². The molecule has 2 amide bonds. The highest BCUT2D eigenvalue weighted by molar-refractivity contribution is 7.99. The van der Waals surface area contributed by atoms with Gasteiger partial charge in [0.15, 0.2) is 22.5 Å². The minimum absolute atomic E-state index is 0.132. The predicted molar refractivity (Wildman–Crippen MR) is 132 cm³/mol. The van der Waals surface area contributed by atoms with Gasteiger partial charge in [0.25, 0.3) is 0 Å². The van der Waals surface area contributed by atoms with Crippen molar-refractivity contribution in [2.75, 3.05) is 25.3 Å². The summed E-state index contributed by atoms with van der Waals surface area (Å²) in [5.74, 6) is 1.57. The van der Waals surface area contributed by atoms with Crippen LogP contribution in [0.15, 0.2) is 53.7 Å². The first-order chi connectivity index (χ1) is 16.4. The molecule has 0 aliphatic carbocycles. The van der Waals surface area contributed by atoms with E-state index in [2.05, 4.69) is 20.8 Å². The van der Waals surface area contributed by atoms with Crippen molar-refractivity contribution in [2.45, 2.75) is 18.6 Å². The molecule has 0 radical (unpaired) electrons. The van der Waals surface area contributed by atoms with Crippen molar-refractivity contribution in [3.63, 3.8) is 0 Å². The van der Waals surface area contributed by atoms with Gasteiger partial charge in [-0.25, -0.2) is 0 Å². The fourth-order valence-corrected chi connectivity index (χ4v) is 3.67. The number of aryl methyl sites for hydroxylation is 1. The lowest BCUT2D eigenvalue weighted by atomic mass is 10.2. The zero-order valence-corrected chi connectivity index (χ0v) is 20.3. The molecular formula is C24H27N5O4S. The number of rotatable bonds is 10. The second kappa shape index (κ2) is 11.9. The molecule has 1 heterocycles. The van der Waals surface area contributed by atoms with Crippen LogP contribution in [0, 0.1) is 6.92 Å². The number of benzene rings is 2. The predicted octanol–water partition coefficient (Wildman–Crippen LogP) is 3.20. The highest BCUT2D eigenvalue weighted by atomic mass is 32.2. The van der Waals surface area contributed by atoms with Crippen molar-refractivity contribution in [3.05, 3.63) is 65.5 Å². The normalized spacial score (nSPS) is 10.8. The molecular weight excluding hydrogens is 454 g/mol. The smallest absolute Gasteiger partial charge is 0.244 e. The Morgan fingerprint density at radius 3 is 2.50 bits per heavy atom. The molecule has 10 heteroatoms. The van der Waals surface area contributed by atoms with Crippen LogP contribution in [0.25, 0.3) is 6.08 Å². The molecule has 3 rings (SSSR count). The van der Waals surface area contributed by atoms with E-state index >= 15 is 0 Å². The van der Waals surface area contributed by atoms with E-state index in [0.717, 1.165) is 16.8 Å². The van der Waals surface area contributed by atoms with Gasteiger partial charge in [-0.3, -0.25) is 9.59 Å². The van der Waals surface area contributed by atoms with Crippen molar-refractivity contribution in [1.29, 1.82) is 0 Å². The molecule has 1 aromatic heterocycles. The Morgan fingerprint density at radius 2 is 1.79 bits per heavy atom. The zero-order chi connectivity index (χ0) is 24.5. The van der Waals surface area contributed by atoms with E-state index in [1.165, 1.54) is 17.8 Å². The summed E-state index contributed by atoms with van der Waals surface area (Å²) in [6, 6.07) is 13.0. The second-order valence-electron chi connectivity index (χ2n) is 7.33. The Balaban J connectivity index is 1.49. The molecule has 0 bridgehead atoms. The number of ether oxygens (including phenoxy) is 2. The molecule has 0 spiro atoms. The lowest BCUT2D eigenvalue weighted by Crippen LogP contribution is -2.22. The minimum Gasteiger partial charge on any atom is -0.493 e. The molecule has 0 saturated heterocycles. The molecule has 0 saturated carbocycles. The quantitative estimate of drug-likeness (QED) is 0.338. The van der Waals surface area contributed by atoms with Crippen molar-refractivity contribution >= 4 is 35.3 Å². The van der Waals surface area contributed by atoms with Gasteiger partial charge < -0.3 is 24.7 Å². The van der Waals surface area contributed by atoms with Crippen molar-refractivity contribution < 1.29 is 19.1 Å². The van der Waals surface area contributed by atoms with Crippen LogP contribution in [0.1, 0.15) is 17.0 Å². The van der Waals surface area contributed by atoms with Crippen LogP contribution in [0.5, 0.6) is 11.5 Å². The summed E-state index contributed by atoms with van der Waals surface area (Å²) in [6.45, 7) is 2.19. The maximum Gasteiger partial charge on any atom is 0.244 e. The minimum atomic E-state index is -0.274. The molecule has 0 fully saturated rings. The number of hydrogen-bond acceptors (Lipinski definition) is 7. The first kappa shape index (κ1) is 24.8. The standard InChI is InChI=1S/C24H27N5O4S/c1-16-5-9-18(10-6-16)26-23(31)15-34-24-28-27-21(29(24)2)14-25-22(30)12-8-17-7-11-19(32-3)20(13-17)33-4/h5-13H,14-15H2,1-4H3,(H,25,30)(H,26,31)/b12-8+. The Hall–Kier alpha value is -3.79. The Bertz CT molecular complexity index is 1170. The molecule has 9 nitrogen and oxygen atoms in total. The molecule has 0 aliphatic heterocycles. The number of nitrogens with zero attached hydrogens (tertiary/aromatic N) is 3. The van der Waals surface area contributed by atoms with E-state index in [-0.39, 0.29) is 24.1 Å². The van der Waals surface area contributed by atoms with E-state index in [4.69, 9.17) is 9.47 Å². The number of aromatic nitrogens is 3. The van der Waals surface area contributed by atoms with E-state index < -0.39 is 0 Å². The van der Waals surface area contributed by atoms with Crippen molar-refractivity contribution in [2.24, 2.45) is 7.05 Å². The molecule has 34 heavy (non-hydrogen) atoms. The number of methoxy groups -OCH3 is 2. The highest BCUT2D eigenvalue weighted by Gasteiger charge is 2.12. The van der Waals surface area contributed by atoms with E-state index in [1.807, 2.05) is 37.3 Å². The van der Waals surface area contributed by atoms with Gasteiger partial charge in [-0.2, -0.15) is 0 Å². The van der Waals surface area contributed by atoms with Crippen LogP contribution in [0.3, 0.4) is 0 Å². The Kier molecular flexibility index (Phi) is 8.69. The van der Waals surface area contributed by atoms with Crippen molar-refractivity contribution in [1.82, 2.24) is 20.1 Å². The van der Waals surface area contributed by atoms with E-state index in [1.54, 1.807) is 44.0 Å². The van der Waals surface area contributed by atoms with Gasteiger partial charge in [0.1, 0.15) is 0 Å². The first-order valence-electron chi connectivity index (χ1n) is 10.4. The van der Waals surface area contributed by atoms with Crippen LogP contribution >= 0.6 is 11.8 Å². The summed E-state index contributed by atoms with van der Waals surface area (Å²) in [7, 11) is 4.92. The molecule has 0 unspecified atom stereocenters. The third kappa shape index (κ3) is 6.85. The average molecular weight is 482 g/mol. The largest absolute Gasteiger partial charge is 0.493 e. The summed E-state index contributed by atoms with van der Waals surface area (Å²) in [5.41, 5.74) is 2.68. The zero-order valence-electron chi connectivity index (χ0n) is 19.5. The Morgan fingerprint density at radius 1 is 1.06 bits per heavy atom. The van der Waals surface area contributed by atoms with Gasteiger partial charge in [-0.1, -0.05) is 35.5 Å². The highest BCUT2D eigenvalue weighted by Crippen LogP contribution is 2.28. The Labute approximate surface area is 202 Å². The third-order valence-electron chi connectivity index (χ3n) is 4.85. The van der Waals surface area contributed by atoms with Gasteiger partial charge >= 0.3 is 0 Å². The number of carbonyl (C=O) groups excluding carboxylic acids is 2. The van der Waals surface area contributed by atoms with Gasteiger partial charge in [0.2, 0.25) is 11.8 Å². The first-order valence-corrected chi connectivity index (χ1v) is 11.4. The second-order valence-corrected chi connectivity index (χ2v) is 8.27. The van der Waals surface area contributed by atoms with Crippen LogP contribution in [0.4, 0.5) is 5.69 Å². The number of hydrogen-bond donors (Lipinski definition) is 2. The number of amides is 2. The summed E-state index contributed by atoms with van der Waals surface area (Å²) in [6.07, 6.45) is 3.12. The number of nitrogens with one attached hydrogen (secondary N) is 2. The monoisotopic (exact) mass is 481 g/mol. The molecule has 0 atom stereocenters. The maximum absolute atomic E-state index is 12.2. The lowest BCUT2D eigenvalue weighted by molar-refractivity contribution is -0.116. The van der Waals surface area contributed by atoms with Crippen LogP contribution in [0.2, 0.25) is 0 Å². The third-order valence-corrected chi connectivity index (χ3v) is 5.87. The lowest BCUT2D eigenvalue weighted by Gasteiger charge is -2.07. The molecule has 0 aliphatic rings. The van der Waals surface area contributed by atoms with Gasteiger partial charge in [-0.15, -0.1) is 10.2 Å². The summed E-state index contributed by atoms with van der Waals surface area (Å²) >= 11 is 1.28. The molecule has 178 valence electrons. The van der Waals surface area contributed by atoms with Crippen LogP contribution in [-0.4, -0.2) is 46.6 Å². The summed E-state index contributed by atoms with van der Waals surface area (Å²) in [4.78, 5) is 24.4. The van der Waals surface area contributed by atoms with Crippen LogP contribution in [-0.2, 0) is 23.2 Å². The number of carbonyl (C=O) groups is 2. The summed E-state index contributed by atoms with van der Waals surface area (Å²) in [5, 5.41) is 14.4. The fourth-order valence-electron chi connectivity index (χ4n) is 2.94. The molecule has 2 N–H and O–H groups in total.